The number of aromatic nitrogens is 2. The average Bonchev–Trinajstić information content (AvgIpc) is 3.14. The number of oxime groups is 1. The van der Waals surface area contributed by atoms with E-state index in [4.69, 9.17) is 19.5 Å². The molecular weight excluding hydrogens is 651 g/mol. The number of allylic oxidation sites excluding steroid dienone is 1. The van der Waals surface area contributed by atoms with Gasteiger partial charge in [-0.2, -0.15) is 11.8 Å². The molecule has 1 fully saturated rings. The number of unbranched alkanes of at least 4 members (excludes halogenated alkanes) is 2. The van der Waals surface area contributed by atoms with Crippen LogP contribution in [0.15, 0.2) is 96.6 Å². The fourth-order valence-corrected chi connectivity index (χ4v) is 9.39. The van der Waals surface area contributed by atoms with Gasteiger partial charge in [-0.1, -0.05) is 60.5 Å². The number of phenolic OH excluding ortho intramolecular Hbond substituents is 1. The van der Waals surface area contributed by atoms with Crippen molar-refractivity contribution < 1.29 is 29.6 Å². The number of fused-ring (bicyclic) bond motifs is 2. The molecule has 266 valence electrons. The summed E-state index contributed by atoms with van der Waals surface area (Å²) in [6.45, 7) is 4.95. The van der Waals surface area contributed by atoms with Crippen LogP contribution in [-0.2, 0) is 22.6 Å². The van der Waals surface area contributed by atoms with Crippen LogP contribution in [0, 0.1) is 17.8 Å². The molecule has 1 aliphatic heterocycles. The van der Waals surface area contributed by atoms with Crippen molar-refractivity contribution in [3.63, 3.8) is 0 Å². The highest BCUT2D eigenvalue weighted by atomic mass is 32.2. The molecule has 0 spiro atoms. The minimum Gasteiger partial charge on any atom is -0.508 e. The fourth-order valence-electron chi connectivity index (χ4n) is 8.01. The second-order valence-electron chi connectivity index (χ2n) is 13.3. The first kappa shape index (κ1) is 36.1. The highest BCUT2D eigenvalue weighted by Gasteiger charge is 2.63. The third-order valence-electron chi connectivity index (χ3n) is 10.2. The van der Waals surface area contributed by atoms with Crippen molar-refractivity contribution in [3.8, 4) is 11.5 Å². The van der Waals surface area contributed by atoms with Gasteiger partial charge in [0.05, 0.1) is 29.2 Å². The Labute approximate surface area is 299 Å². The summed E-state index contributed by atoms with van der Waals surface area (Å²) in [5, 5.41) is 35.0. The van der Waals surface area contributed by atoms with E-state index >= 15 is 0 Å². The summed E-state index contributed by atoms with van der Waals surface area (Å²) in [4.78, 5) is 14.9. The fraction of sp³-hybridized carbons (Fsp3) is 0.475. The maximum atomic E-state index is 10.8. The molecule has 2 aromatic carbocycles. The van der Waals surface area contributed by atoms with Crippen LogP contribution in [0.4, 0.5) is 0 Å². The first-order valence-electron chi connectivity index (χ1n) is 17.9. The normalized spacial score (nSPS) is 26.0. The highest BCUT2D eigenvalue weighted by molar-refractivity contribution is 8.00. The van der Waals surface area contributed by atoms with Gasteiger partial charge in [0, 0.05) is 56.1 Å². The molecule has 2 heterocycles. The Hall–Kier alpha value is -3.70. The largest absolute Gasteiger partial charge is 0.508 e. The van der Waals surface area contributed by atoms with E-state index in [-0.39, 0.29) is 47.9 Å². The van der Waals surface area contributed by atoms with Crippen LogP contribution in [0.3, 0.4) is 0 Å². The zero-order valence-corrected chi connectivity index (χ0v) is 29.4. The number of aliphatic hydroxyl groups excluding tert-OH is 2. The topological polar surface area (TPSA) is 127 Å². The molecule has 0 unspecified atom stereocenters. The second-order valence-corrected chi connectivity index (χ2v) is 14.7. The lowest BCUT2D eigenvalue weighted by Gasteiger charge is -2.58. The van der Waals surface area contributed by atoms with Crippen molar-refractivity contribution in [1.82, 2.24) is 9.97 Å². The summed E-state index contributed by atoms with van der Waals surface area (Å²) in [5.74, 6) is 0.693. The van der Waals surface area contributed by atoms with Crippen LogP contribution in [-0.4, -0.2) is 67.6 Å². The van der Waals surface area contributed by atoms with Gasteiger partial charge in [0.1, 0.15) is 18.1 Å². The number of aliphatic hydroxyl groups is 2. The molecule has 0 radical (unpaired) electrons. The quantitative estimate of drug-likeness (QED) is 0.0732. The van der Waals surface area contributed by atoms with Crippen LogP contribution >= 0.6 is 11.8 Å². The molecule has 3 N–H and O–H groups in total. The number of hydrogen-bond acceptors (Lipinski definition) is 10. The van der Waals surface area contributed by atoms with Gasteiger partial charge < -0.3 is 29.6 Å². The third-order valence-corrected chi connectivity index (χ3v) is 11.5. The second kappa shape index (κ2) is 17.5. The van der Waals surface area contributed by atoms with E-state index in [1.54, 1.807) is 36.3 Å². The van der Waals surface area contributed by atoms with E-state index in [0.29, 0.717) is 19.6 Å². The molecule has 9 nitrogen and oxygen atoms in total. The van der Waals surface area contributed by atoms with Gasteiger partial charge in [-0.15, -0.1) is 6.58 Å². The molecule has 0 bridgehead atoms. The average molecular weight is 700 g/mol. The van der Waals surface area contributed by atoms with Crippen molar-refractivity contribution in [2.45, 2.75) is 74.9 Å². The van der Waals surface area contributed by atoms with Crippen molar-refractivity contribution in [1.29, 1.82) is 0 Å². The van der Waals surface area contributed by atoms with Crippen LogP contribution in [0.2, 0.25) is 0 Å². The lowest BCUT2D eigenvalue weighted by Crippen LogP contribution is -2.64. The van der Waals surface area contributed by atoms with Crippen LogP contribution in [0.25, 0.3) is 0 Å². The van der Waals surface area contributed by atoms with Gasteiger partial charge in [0.25, 0.3) is 0 Å². The number of ether oxygens (including phenoxy) is 2. The highest BCUT2D eigenvalue weighted by Crippen LogP contribution is 2.62. The van der Waals surface area contributed by atoms with Crippen molar-refractivity contribution in [2.24, 2.45) is 22.9 Å². The van der Waals surface area contributed by atoms with Crippen LogP contribution in [0.1, 0.15) is 67.7 Å². The standard InChI is InChI=1S/C40H49N3O6S/c1-2-21-47-40-37(50-22-16-30-26-41-17-18-42-30)25-35(43-48-27-28-10-4-3-5-11-28)33-23-29(12-6-8-19-44)32(13-7-9-20-45)38(39(33)40)34-24-31(46)14-15-36(34)49-40/h2-5,10-11,14-15,17-18,23-24,26,29,32,37-39,44-46H,1,6-9,12-13,16,19-22,25,27H2/t29-,32+,37-,38+,39+,40+/m0/s1. The summed E-state index contributed by atoms with van der Waals surface area (Å²) in [7, 11) is 0. The zero-order valence-electron chi connectivity index (χ0n) is 28.6. The van der Waals surface area contributed by atoms with E-state index in [2.05, 4.69) is 22.6 Å². The summed E-state index contributed by atoms with van der Waals surface area (Å²) < 4.78 is 14.1. The van der Waals surface area contributed by atoms with E-state index in [1.807, 2.05) is 48.7 Å². The molecule has 2 aliphatic carbocycles. The van der Waals surface area contributed by atoms with Gasteiger partial charge in [0.2, 0.25) is 5.79 Å². The first-order chi connectivity index (χ1) is 24.6. The van der Waals surface area contributed by atoms with E-state index < -0.39 is 5.79 Å². The Morgan fingerprint density at radius 1 is 1.04 bits per heavy atom. The minimum absolute atomic E-state index is 0.0591. The SMILES string of the molecule is C=CCO[C@@]12Oc3ccc(O)cc3[C@H]3[C@H](CCCCO)[C@@H](CCCCO)C=C(C(=NOCc4ccccc4)C[C@@H]1SCCc1cnccn1)[C@H]32. The van der Waals surface area contributed by atoms with Crippen molar-refractivity contribution >= 4 is 17.5 Å². The Balaban J connectivity index is 1.47. The Morgan fingerprint density at radius 3 is 2.62 bits per heavy atom. The molecule has 0 amide bonds. The summed E-state index contributed by atoms with van der Waals surface area (Å²) in [6.07, 6.45) is 15.7. The van der Waals surface area contributed by atoms with E-state index in [9.17, 15) is 15.3 Å². The Morgan fingerprint density at radius 2 is 1.86 bits per heavy atom. The molecule has 1 aromatic heterocycles. The Kier molecular flexibility index (Phi) is 12.6. The zero-order chi connectivity index (χ0) is 34.8. The number of aryl methyl sites for hydroxylation is 1. The van der Waals surface area contributed by atoms with Crippen LogP contribution < -0.4 is 4.74 Å². The molecule has 0 saturated heterocycles. The maximum absolute atomic E-state index is 10.8. The first-order valence-corrected chi connectivity index (χ1v) is 18.9. The molecule has 3 aliphatic rings. The van der Waals surface area contributed by atoms with Gasteiger partial charge in [-0.25, -0.2) is 0 Å². The summed E-state index contributed by atoms with van der Waals surface area (Å²) in [5.41, 5.74) is 4.89. The van der Waals surface area contributed by atoms with Crippen LogP contribution in [0.5, 0.6) is 11.5 Å². The maximum Gasteiger partial charge on any atom is 0.230 e. The van der Waals surface area contributed by atoms with Crippen molar-refractivity contribution in [3.05, 3.63) is 108 Å². The predicted octanol–water partition coefficient (Wildman–Crippen LogP) is 6.99. The van der Waals surface area contributed by atoms with E-state index in [0.717, 1.165) is 84.6 Å². The van der Waals surface area contributed by atoms with Gasteiger partial charge in [-0.05, 0) is 72.6 Å². The number of hydrogen-bond donors (Lipinski definition) is 3. The minimum atomic E-state index is -1.05. The lowest BCUT2D eigenvalue weighted by atomic mass is 9.56. The molecule has 50 heavy (non-hydrogen) atoms. The molecule has 6 rings (SSSR count). The third kappa shape index (κ3) is 8.09. The molecule has 6 atom stereocenters. The molecule has 10 heteroatoms. The summed E-state index contributed by atoms with van der Waals surface area (Å²) >= 11 is 1.79. The summed E-state index contributed by atoms with van der Waals surface area (Å²) in [6, 6.07) is 15.5. The van der Waals surface area contributed by atoms with Crippen molar-refractivity contribution in [2.75, 3.05) is 25.6 Å². The lowest BCUT2D eigenvalue weighted by molar-refractivity contribution is -0.223. The molecular formula is C40H49N3O6S. The number of nitrogens with zero attached hydrogens (tertiary/aromatic N) is 3. The number of thioether (sulfide) groups is 1. The number of aromatic hydroxyl groups is 1. The van der Waals surface area contributed by atoms with Gasteiger partial charge in [0.15, 0.2) is 0 Å². The van der Waals surface area contributed by atoms with Gasteiger partial charge >= 0.3 is 0 Å². The van der Waals surface area contributed by atoms with E-state index in [1.165, 1.54) is 0 Å². The monoisotopic (exact) mass is 699 g/mol. The molecule has 1 saturated carbocycles. The smallest absolute Gasteiger partial charge is 0.230 e. The number of benzene rings is 2. The molecule has 3 aromatic rings. The number of phenols is 1. The Bertz CT molecular complexity index is 1610. The van der Waals surface area contributed by atoms with Gasteiger partial charge in [-0.3, -0.25) is 9.97 Å². The number of rotatable bonds is 18. The predicted molar refractivity (Wildman–Crippen MR) is 196 cm³/mol.